The molecule has 0 radical (unpaired) electrons. The topological polar surface area (TPSA) is 66.4 Å². The van der Waals surface area contributed by atoms with Crippen molar-refractivity contribution in [2.24, 2.45) is 0 Å². The van der Waals surface area contributed by atoms with Gasteiger partial charge in [-0.25, -0.2) is 8.42 Å². The summed E-state index contributed by atoms with van der Waals surface area (Å²) in [7, 11) is -1.85. The molecule has 8 rings (SSSR count). The molecule has 0 atom stereocenters. The first-order valence-electron chi connectivity index (χ1n) is 23.9. The van der Waals surface area contributed by atoms with E-state index in [1.807, 2.05) is 31.2 Å². The molecule has 4 nitrogen and oxygen atoms in total. The van der Waals surface area contributed by atoms with E-state index in [1.165, 1.54) is 84.6 Å². The van der Waals surface area contributed by atoms with Gasteiger partial charge in [0.05, 0.1) is 12.0 Å². The molecular weight excluding hydrogens is 817 g/mol. The van der Waals surface area contributed by atoms with Crippen LogP contribution in [0.3, 0.4) is 0 Å². The molecule has 0 unspecified atom stereocenters. The van der Waals surface area contributed by atoms with Crippen LogP contribution in [0.4, 0.5) is 0 Å². The van der Waals surface area contributed by atoms with Crippen molar-refractivity contribution in [2.45, 2.75) is 238 Å². The minimum Gasteiger partial charge on any atom is -0.744 e. The van der Waals surface area contributed by atoms with Gasteiger partial charge in [-0.2, -0.15) is 18.2 Å². The molecule has 58 heavy (non-hydrogen) atoms. The molecule has 0 heterocycles. The number of benzene rings is 2. The Morgan fingerprint density at radius 3 is 0.948 bits per heavy atom. The van der Waals surface area contributed by atoms with Gasteiger partial charge in [-0.05, 0) is 130 Å². The molecule has 0 saturated heterocycles. The third kappa shape index (κ3) is 17.3. The van der Waals surface area contributed by atoms with Crippen LogP contribution < -0.4 is 4.74 Å². The molecule has 6 saturated carbocycles. The van der Waals surface area contributed by atoms with Crippen LogP contribution in [-0.4, -0.2) is 54.0 Å². The molecule has 8 heteroatoms. The van der Waals surface area contributed by atoms with Gasteiger partial charge in [0, 0.05) is 5.75 Å². The van der Waals surface area contributed by atoms with Crippen molar-refractivity contribution in [3.63, 3.8) is 0 Å². The number of methoxy groups -OCH3 is 1. The normalized spacial score (nSPS) is 22.3. The molecule has 0 N–H and O–H groups in total. The number of hydrogen-bond donors (Lipinski definition) is 0. The second kappa shape index (κ2) is 28.2. The third-order valence-corrected chi connectivity index (χ3v) is 23.2. The van der Waals surface area contributed by atoms with E-state index in [1.54, 1.807) is 173 Å². The van der Waals surface area contributed by atoms with E-state index in [0.717, 1.165) is 11.3 Å². The number of rotatable bonds is 8. The molecule has 0 spiro atoms. The molecule has 0 amide bonds. The Morgan fingerprint density at radius 1 is 0.483 bits per heavy atom. The number of hydrogen-bond acceptors (Lipinski definition) is 4. The minimum atomic E-state index is -4.27. The molecule has 6 fully saturated rings. The molecule has 2 aromatic carbocycles. The largest absolute Gasteiger partial charge is 2.00 e. The summed E-state index contributed by atoms with van der Waals surface area (Å²) in [6, 6.07) is 16.0. The van der Waals surface area contributed by atoms with Crippen LogP contribution in [0.2, 0.25) is 0 Å². The first kappa shape index (κ1) is 50.2. The maximum atomic E-state index is 10.4. The standard InChI is InChI=1S/2C18H33P.C7H8O3S.C7H7O.Ni/c2*1-4-10-16(11-5-1)19(17-12-6-2-7-13-17)18-14-8-3-9-15-18;1-6-2-4-7(5-3-6)11(8,9)10;1-8-7-5-3-2-4-6-7;/h2*16-18H,1-15H2;2-5H,1H3,(H,8,9,10);3-6H,1H3;/q;;;-1;+2/p-1. The molecule has 330 valence electrons. The third-order valence-electron chi connectivity index (χ3n) is 14.2. The Kier molecular flexibility index (Phi) is 24.4. The summed E-state index contributed by atoms with van der Waals surface area (Å²) in [5.74, 6) is 0.878. The minimum absolute atomic E-state index is 0. The summed E-state index contributed by atoms with van der Waals surface area (Å²) in [5.41, 5.74) is 8.07. The van der Waals surface area contributed by atoms with E-state index in [-0.39, 0.29) is 21.4 Å². The number of aryl methyl sites for hydroxylation is 1. The van der Waals surface area contributed by atoms with E-state index in [2.05, 4.69) is 6.07 Å². The van der Waals surface area contributed by atoms with E-state index < -0.39 is 10.1 Å². The first-order chi connectivity index (χ1) is 27.8. The van der Waals surface area contributed by atoms with E-state index in [4.69, 9.17) is 4.74 Å². The average molecular weight is 898 g/mol. The molecule has 2 aromatic rings. The van der Waals surface area contributed by atoms with Gasteiger partial charge in [-0.15, -0.1) is 12.1 Å². The van der Waals surface area contributed by atoms with E-state index in [0.29, 0.717) is 15.8 Å². The van der Waals surface area contributed by atoms with Gasteiger partial charge in [0.2, 0.25) is 0 Å². The predicted molar refractivity (Wildman–Crippen MR) is 246 cm³/mol. The summed E-state index contributed by atoms with van der Waals surface area (Å²) in [6.07, 6.45) is 47.2. The van der Waals surface area contributed by atoms with Crippen molar-refractivity contribution in [1.82, 2.24) is 0 Å². The zero-order valence-electron chi connectivity index (χ0n) is 36.5. The Labute approximate surface area is 369 Å². The summed E-state index contributed by atoms with van der Waals surface area (Å²) in [6.45, 7) is 1.82. The van der Waals surface area contributed by atoms with Crippen LogP contribution in [0.15, 0.2) is 53.4 Å². The predicted octanol–water partition coefficient (Wildman–Crippen LogP) is 15.3. The summed E-state index contributed by atoms with van der Waals surface area (Å²) >= 11 is 0. The quantitative estimate of drug-likeness (QED) is 0.115. The fourth-order valence-electron chi connectivity index (χ4n) is 11.3. The maximum Gasteiger partial charge on any atom is 2.00 e. The summed E-state index contributed by atoms with van der Waals surface area (Å²) in [4.78, 5) is -0.178. The van der Waals surface area contributed by atoms with Gasteiger partial charge in [-0.3, -0.25) is 0 Å². The van der Waals surface area contributed by atoms with Crippen molar-refractivity contribution in [3.8, 4) is 5.75 Å². The van der Waals surface area contributed by atoms with Crippen LogP contribution in [0, 0.1) is 13.0 Å². The number of ether oxygens (including phenoxy) is 1. The molecule has 0 bridgehead atoms. The van der Waals surface area contributed by atoms with Gasteiger partial charge in [0.1, 0.15) is 10.1 Å². The summed E-state index contributed by atoms with van der Waals surface area (Å²) in [5, 5.41) is 0. The first-order valence-corrected chi connectivity index (χ1v) is 28.4. The van der Waals surface area contributed by atoms with Crippen LogP contribution in [-0.2, 0) is 26.6 Å². The zero-order valence-corrected chi connectivity index (χ0v) is 40.1. The summed E-state index contributed by atoms with van der Waals surface area (Å²) < 4.78 is 36.1. The van der Waals surface area contributed by atoms with Gasteiger partial charge < -0.3 is 9.29 Å². The Morgan fingerprint density at radius 2 is 0.741 bits per heavy atom. The van der Waals surface area contributed by atoms with Crippen LogP contribution in [0.1, 0.15) is 198 Å². The molecular formula is C50H80NiO4P2S. The zero-order chi connectivity index (χ0) is 40.1. The maximum absolute atomic E-state index is 10.4. The van der Waals surface area contributed by atoms with Gasteiger partial charge >= 0.3 is 16.5 Å². The Bertz CT molecular complexity index is 1280. The average Bonchev–Trinajstić information content (AvgIpc) is 3.27. The van der Waals surface area contributed by atoms with Crippen molar-refractivity contribution in [3.05, 3.63) is 60.2 Å². The second-order valence-electron chi connectivity index (χ2n) is 18.4. The van der Waals surface area contributed by atoms with Crippen LogP contribution in [0.5, 0.6) is 5.75 Å². The fourth-order valence-corrected chi connectivity index (χ4v) is 21.1. The smallest absolute Gasteiger partial charge is 0.744 e. The van der Waals surface area contributed by atoms with Gasteiger partial charge in [0.15, 0.2) is 0 Å². The van der Waals surface area contributed by atoms with Crippen molar-refractivity contribution in [1.29, 1.82) is 0 Å². The monoisotopic (exact) mass is 896 g/mol. The van der Waals surface area contributed by atoms with Crippen LogP contribution in [0.25, 0.3) is 0 Å². The fraction of sp³-hybridized carbons (Fsp3) is 0.760. The molecule has 0 aromatic heterocycles. The van der Waals surface area contributed by atoms with Crippen molar-refractivity contribution >= 4 is 26.0 Å². The van der Waals surface area contributed by atoms with Gasteiger partial charge in [0.25, 0.3) is 0 Å². The Hall–Kier alpha value is -0.496. The Balaban J connectivity index is 0.000000179. The molecule has 0 aliphatic heterocycles. The molecule has 6 aliphatic carbocycles. The van der Waals surface area contributed by atoms with E-state index in [9.17, 15) is 13.0 Å². The molecule has 6 aliphatic rings. The van der Waals surface area contributed by atoms with Crippen LogP contribution >= 0.6 is 15.8 Å². The second-order valence-corrected chi connectivity index (χ2v) is 25.9. The van der Waals surface area contributed by atoms with Crippen molar-refractivity contribution in [2.75, 3.05) is 7.11 Å². The van der Waals surface area contributed by atoms with E-state index >= 15 is 0 Å². The van der Waals surface area contributed by atoms with Crippen molar-refractivity contribution < 1.29 is 34.2 Å². The van der Waals surface area contributed by atoms with Gasteiger partial charge in [-0.1, -0.05) is 149 Å². The SMILES string of the molecule is C1CCC(P(C2CCCCC2)C2CCCCC2)CC1.C1CCC(P(C2CCCCC2)C2CCCCC2)CC1.COc1cc[c-]cc1.Cc1ccc(S(=O)(=O)[O-])cc1.[Ni+2].